The van der Waals surface area contributed by atoms with Gasteiger partial charge in [0.1, 0.15) is 0 Å². The summed E-state index contributed by atoms with van der Waals surface area (Å²) >= 11 is 5.73. The Balaban J connectivity index is 1.90. The van der Waals surface area contributed by atoms with Gasteiger partial charge in [0.2, 0.25) is 15.9 Å². The molecule has 0 saturated carbocycles. The van der Waals surface area contributed by atoms with E-state index in [-0.39, 0.29) is 16.9 Å². The molecule has 1 aromatic carbocycles. The van der Waals surface area contributed by atoms with Crippen molar-refractivity contribution in [2.24, 2.45) is 0 Å². The molecule has 0 aliphatic carbocycles. The lowest BCUT2D eigenvalue weighted by Gasteiger charge is -2.16. The number of hydrogen-bond acceptors (Lipinski definition) is 4. The largest absolute Gasteiger partial charge is 0.376 e. The first-order valence-corrected chi connectivity index (χ1v) is 8.92. The first-order chi connectivity index (χ1) is 10.4. The Bertz CT molecular complexity index is 612. The van der Waals surface area contributed by atoms with E-state index in [1.54, 1.807) is 0 Å². The molecule has 2 atom stereocenters. The van der Waals surface area contributed by atoms with Gasteiger partial charge in [0.15, 0.2) is 0 Å². The molecule has 8 heteroatoms. The summed E-state index contributed by atoms with van der Waals surface area (Å²) in [6.07, 6.45) is 1.91. The summed E-state index contributed by atoms with van der Waals surface area (Å²) in [6, 6.07) is 4.88. The third-order valence-corrected chi connectivity index (χ3v) is 5.19. The van der Waals surface area contributed by atoms with E-state index in [9.17, 15) is 13.2 Å². The number of sulfonamides is 1. The maximum atomic E-state index is 12.2. The molecule has 0 radical (unpaired) electrons. The van der Waals surface area contributed by atoms with Gasteiger partial charge in [-0.1, -0.05) is 11.6 Å². The molecular weight excluding hydrogens is 328 g/mol. The van der Waals surface area contributed by atoms with Crippen molar-refractivity contribution in [2.45, 2.75) is 36.8 Å². The number of nitrogens with one attached hydrogen (secondary N) is 2. The number of halogens is 1. The molecule has 0 aromatic heterocycles. The minimum Gasteiger partial charge on any atom is -0.376 e. The molecule has 1 aliphatic heterocycles. The van der Waals surface area contributed by atoms with Crippen LogP contribution in [0.4, 0.5) is 0 Å². The maximum Gasteiger partial charge on any atom is 0.241 e. The molecule has 1 aliphatic rings. The summed E-state index contributed by atoms with van der Waals surface area (Å²) in [5, 5.41) is 3.14. The fourth-order valence-electron chi connectivity index (χ4n) is 2.14. The monoisotopic (exact) mass is 346 g/mol. The van der Waals surface area contributed by atoms with E-state index in [2.05, 4.69) is 10.0 Å². The van der Waals surface area contributed by atoms with Crippen molar-refractivity contribution in [3.8, 4) is 0 Å². The van der Waals surface area contributed by atoms with Crippen LogP contribution in [0.1, 0.15) is 19.8 Å². The average Bonchev–Trinajstić information content (AvgIpc) is 2.98. The summed E-state index contributed by atoms with van der Waals surface area (Å²) in [4.78, 5) is 12.0. The van der Waals surface area contributed by atoms with Crippen LogP contribution in [0.25, 0.3) is 0 Å². The quantitative estimate of drug-likeness (QED) is 0.813. The molecule has 1 fully saturated rings. The average molecular weight is 347 g/mol. The van der Waals surface area contributed by atoms with Crippen LogP contribution < -0.4 is 10.0 Å². The molecule has 0 bridgehead atoms. The zero-order valence-electron chi connectivity index (χ0n) is 12.2. The SMILES string of the molecule is C[C@@H](NS(=O)(=O)c1ccc(Cl)cc1)C(=O)NC[C@H]1CCCO1. The Morgan fingerprint density at radius 2 is 2.09 bits per heavy atom. The lowest BCUT2D eigenvalue weighted by Crippen LogP contribution is -2.46. The van der Waals surface area contributed by atoms with Gasteiger partial charge < -0.3 is 10.1 Å². The van der Waals surface area contributed by atoms with Gasteiger partial charge in [-0.05, 0) is 44.0 Å². The molecule has 2 rings (SSSR count). The molecule has 1 aromatic rings. The van der Waals surface area contributed by atoms with Crippen LogP contribution >= 0.6 is 11.6 Å². The topological polar surface area (TPSA) is 84.5 Å². The Morgan fingerprint density at radius 3 is 2.68 bits per heavy atom. The number of amides is 1. The lowest BCUT2D eigenvalue weighted by atomic mass is 10.2. The maximum absolute atomic E-state index is 12.2. The van der Waals surface area contributed by atoms with Gasteiger partial charge in [0, 0.05) is 18.2 Å². The zero-order chi connectivity index (χ0) is 16.2. The second-order valence-corrected chi connectivity index (χ2v) is 7.33. The third-order valence-electron chi connectivity index (χ3n) is 3.38. The second kappa shape index (κ2) is 7.41. The van der Waals surface area contributed by atoms with Crippen LogP contribution in [0.5, 0.6) is 0 Å². The summed E-state index contributed by atoms with van der Waals surface area (Å²) < 4.78 is 32.1. The molecule has 1 saturated heterocycles. The van der Waals surface area contributed by atoms with E-state index in [0.717, 1.165) is 12.8 Å². The van der Waals surface area contributed by atoms with Gasteiger partial charge in [-0.3, -0.25) is 4.79 Å². The minimum atomic E-state index is -3.76. The van der Waals surface area contributed by atoms with Crippen LogP contribution in [0, 0.1) is 0 Å². The Labute approximate surface area is 135 Å². The number of carbonyl (C=O) groups excluding carboxylic acids is 1. The van der Waals surface area contributed by atoms with Gasteiger partial charge in [-0.2, -0.15) is 4.72 Å². The zero-order valence-corrected chi connectivity index (χ0v) is 13.8. The first kappa shape index (κ1) is 17.2. The van der Waals surface area contributed by atoms with Crippen molar-refractivity contribution in [3.63, 3.8) is 0 Å². The number of ether oxygens (including phenoxy) is 1. The Morgan fingerprint density at radius 1 is 1.41 bits per heavy atom. The smallest absolute Gasteiger partial charge is 0.241 e. The fourth-order valence-corrected chi connectivity index (χ4v) is 3.47. The predicted molar refractivity (Wildman–Crippen MR) is 83.2 cm³/mol. The van der Waals surface area contributed by atoms with Gasteiger partial charge in [0.25, 0.3) is 0 Å². The van der Waals surface area contributed by atoms with E-state index in [1.807, 2.05) is 0 Å². The lowest BCUT2D eigenvalue weighted by molar-refractivity contribution is -0.122. The Hall–Kier alpha value is -1.15. The second-order valence-electron chi connectivity index (χ2n) is 5.18. The van der Waals surface area contributed by atoms with Crippen LogP contribution in [-0.4, -0.2) is 39.6 Å². The van der Waals surface area contributed by atoms with Crippen LogP contribution in [-0.2, 0) is 19.6 Å². The highest BCUT2D eigenvalue weighted by atomic mass is 35.5. The van der Waals surface area contributed by atoms with E-state index in [4.69, 9.17) is 16.3 Å². The van der Waals surface area contributed by atoms with Gasteiger partial charge >= 0.3 is 0 Å². The molecule has 1 amide bonds. The molecule has 6 nitrogen and oxygen atoms in total. The third kappa shape index (κ3) is 4.67. The van der Waals surface area contributed by atoms with Crippen molar-refractivity contribution in [2.75, 3.05) is 13.2 Å². The van der Waals surface area contributed by atoms with E-state index < -0.39 is 16.1 Å². The van der Waals surface area contributed by atoms with Crippen molar-refractivity contribution >= 4 is 27.5 Å². The highest BCUT2D eigenvalue weighted by molar-refractivity contribution is 7.89. The van der Waals surface area contributed by atoms with E-state index in [1.165, 1.54) is 31.2 Å². The number of rotatable bonds is 6. The highest BCUT2D eigenvalue weighted by Gasteiger charge is 2.23. The highest BCUT2D eigenvalue weighted by Crippen LogP contribution is 2.14. The molecule has 1 heterocycles. The fraction of sp³-hybridized carbons (Fsp3) is 0.500. The molecular formula is C14H19ClN2O4S. The van der Waals surface area contributed by atoms with Crippen LogP contribution in [0.15, 0.2) is 29.2 Å². The standard InChI is InChI=1S/C14H19ClN2O4S/c1-10(14(18)16-9-12-3-2-8-21-12)17-22(19,20)13-6-4-11(15)5-7-13/h4-7,10,12,17H,2-3,8-9H2,1H3,(H,16,18)/t10-,12-/m1/s1. The summed E-state index contributed by atoms with van der Waals surface area (Å²) in [5.74, 6) is -0.381. The van der Waals surface area contributed by atoms with Crippen molar-refractivity contribution < 1.29 is 17.9 Å². The van der Waals surface area contributed by atoms with Crippen LogP contribution in [0.2, 0.25) is 5.02 Å². The van der Waals surface area contributed by atoms with E-state index >= 15 is 0 Å². The first-order valence-electron chi connectivity index (χ1n) is 7.06. The number of hydrogen-bond donors (Lipinski definition) is 2. The van der Waals surface area contributed by atoms with Crippen molar-refractivity contribution in [1.29, 1.82) is 0 Å². The van der Waals surface area contributed by atoms with Gasteiger partial charge in [-0.15, -0.1) is 0 Å². The number of benzene rings is 1. The van der Waals surface area contributed by atoms with Crippen molar-refractivity contribution in [3.05, 3.63) is 29.3 Å². The van der Waals surface area contributed by atoms with Crippen molar-refractivity contribution in [1.82, 2.24) is 10.0 Å². The summed E-state index contributed by atoms with van der Waals surface area (Å²) in [7, 11) is -3.76. The molecule has 122 valence electrons. The Kier molecular flexibility index (Phi) is 5.80. The van der Waals surface area contributed by atoms with Gasteiger partial charge in [-0.25, -0.2) is 8.42 Å². The minimum absolute atomic E-state index is 0.0176. The summed E-state index contributed by atoms with van der Waals surface area (Å²) in [6.45, 7) is 2.60. The molecule has 0 unspecified atom stereocenters. The van der Waals surface area contributed by atoms with E-state index in [0.29, 0.717) is 18.2 Å². The molecule has 22 heavy (non-hydrogen) atoms. The summed E-state index contributed by atoms with van der Waals surface area (Å²) in [5.41, 5.74) is 0. The number of carbonyl (C=O) groups is 1. The van der Waals surface area contributed by atoms with Crippen LogP contribution in [0.3, 0.4) is 0 Å². The predicted octanol–water partition coefficient (Wildman–Crippen LogP) is 1.30. The molecule has 2 N–H and O–H groups in total. The van der Waals surface area contributed by atoms with Gasteiger partial charge in [0.05, 0.1) is 17.0 Å². The molecule has 0 spiro atoms. The normalized spacial score (nSPS) is 19.8.